The van der Waals surface area contributed by atoms with E-state index in [2.05, 4.69) is 57.1 Å². The number of ether oxygens (including phenoxy) is 9. The molecule has 12 nitrogen and oxygen atoms in total. The molecule has 4 fully saturated rings. The summed E-state index contributed by atoms with van der Waals surface area (Å²) in [6.07, 6.45) is 7.82. The Bertz CT molecular complexity index is 1680. The van der Waals surface area contributed by atoms with Crippen LogP contribution < -0.4 is 4.74 Å². The number of Topliss-reactive ketones (excluding diaryl/α,β-unsaturated/α-hetero) is 1. The van der Waals surface area contributed by atoms with E-state index in [4.69, 9.17) is 42.6 Å². The first-order valence-electron chi connectivity index (χ1n) is 22.6. The lowest BCUT2D eigenvalue weighted by molar-refractivity contribution is -0.314. The number of nitrogens with zero attached hydrogens (tertiary/aromatic N) is 1. The quantitative estimate of drug-likeness (QED) is 0.213. The zero-order valence-corrected chi connectivity index (χ0v) is 37.6. The van der Waals surface area contributed by atoms with Crippen LogP contribution in [0.4, 0.5) is 0 Å². The van der Waals surface area contributed by atoms with Crippen LogP contribution in [0.5, 0.6) is 5.75 Å². The molecule has 0 bridgehead atoms. The van der Waals surface area contributed by atoms with E-state index in [9.17, 15) is 4.79 Å². The first-order chi connectivity index (χ1) is 28.9. The number of cyclic esters (lactones) is 1. The highest BCUT2D eigenvalue weighted by molar-refractivity contribution is 5.99. The molecule has 60 heavy (non-hydrogen) atoms. The van der Waals surface area contributed by atoms with E-state index >= 15 is 4.79 Å². The van der Waals surface area contributed by atoms with Crippen molar-refractivity contribution in [2.75, 3.05) is 42.5 Å². The van der Waals surface area contributed by atoms with Gasteiger partial charge in [-0.05, 0) is 132 Å². The van der Waals surface area contributed by atoms with E-state index in [0.29, 0.717) is 12.5 Å². The number of hydrogen-bond acceptors (Lipinski definition) is 12. The van der Waals surface area contributed by atoms with E-state index in [1.54, 1.807) is 28.4 Å². The SMILES string of the molecule is CC[C@H]1CCC[C@H](O[C@H]2CC[C@H](N(C)C)C(C)O2)[C@@H](C)C(=O)C2=C[C@@H]3C(C=C(c4ccc(OC)cc4)C4C[C@@H](OC5OC(C)C(OC)C(OC)C5OC)C[C@H]43)[C@@H]2CC(=O)O1. The minimum absolute atomic E-state index is 0.0147. The van der Waals surface area contributed by atoms with Crippen LogP contribution >= 0.6 is 0 Å². The smallest absolute Gasteiger partial charge is 0.306 e. The van der Waals surface area contributed by atoms with Gasteiger partial charge < -0.3 is 47.5 Å². The molecule has 1 aromatic rings. The van der Waals surface area contributed by atoms with Crippen LogP contribution in [0.1, 0.15) is 91.0 Å². The van der Waals surface area contributed by atoms with Gasteiger partial charge in [0.1, 0.15) is 30.2 Å². The zero-order valence-electron chi connectivity index (χ0n) is 37.6. The van der Waals surface area contributed by atoms with E-state index in [0.717, 1.165) is 61.8 Å². The van der Waals surface area contributed by atoms with Crippen molar-refractivity contribution in [1.29, 1.82) is 0 Å². The highest BCUT2D eigenvalue weighted by Crippen LogP contribution is 2.58. The number of ketones is 1. The lowest BCUT2D eigenvalue weighted by atomic mass is 9.66. The number of fused-ring (bicyclic) bond motifs is 5. The Labute approximate surface area is 357 Å². The van der Waals surface area contributed by atoms with Gasteiger partial charge >= 0.3 is 5.97 Å². The molecule has 3 heterocycles. The van der Waals surface area contributed by atoms with E-state index < -0.39 is 18.3 Å². The summed E-state index contributed by atoms with van der Waals surface area (Å²) in [7, 11) is 10.8. The fourth-order valence-electron chi connectivity index (χ4n) is 11.6. The van der Waals surface area contributed by atoms with Crippen LogP contribution in [-0.4, -0.2) is 127 Å². The molecule has 0 amide bonds. The highest BCUT2D eigenvalue weighted by atomic mass is 16.7. The largest absolute Gasteiger partial charge is 0.497 e. The van der Waals surface area contributed by atoms with Gasteiger partial charge in [0.15, 0.2) is 18.4 Å². The normalized spacial score (nSPS) is 41.3. The van der Waals surface area contributed by atoms with Crippen LogP contribution in [0.2, 0.25) is 0 Å². The third-order valence-electron chi connectivity index (χ3n) is 14.8. The number of hydrogen-bond donors (Lipinski definition) is 0. The molecule has 0 N–H and O–H groups in total. The second-order valence-corrected chi connectivity index (χ2v) is 18.4. The number of esters is 1. The predicted molar refractivity (Wildman–Crippen MR) is 226 cm³/mol. The van der Waals surface area contributed by atoms with E-state index in [1.807, 2.05) is 26.0 Å². The molecule has 12 heteroatoms. The van der Waals surface area contributed by atoms with Crippen LogP contribution in [0.25, 0.3) is 5.57 Å². The van der Waals surface area contributed by atoms with Crippen molar-refractivity contribution in [3.05, 3.63) is 47.6 Å². The summed E-state index contributed by atoms with van der Waals surface area (Å²) in [5.74, 6) is 0.110. The summed E-state index contributed by atoms with van der Waals surface area (Å²) in [4.78, 5) is 31.2. The maximum Gasteiger partial charge on any atom is 0.306 e. The Hall–Kier alpha value is -2.68. The van der Waals surface area contributed by atoms with E-state index in [1.165, 1.54) is 5.57 Å². The monoisotopic (exact) mass is 838 g/mol. The molecule has 1 saturated carbocycles. The standard InChI is InChI=1S/C48H71NO11/c1-11-30-13-12-14-41(60-43-20-19-40(49(5)6)27(3)56-43)26(2)44(51)39-24-37-35-22-32(59-48-47(55-10)46(54-9)45(53-8)28(4)57-48)21-34(35)33(29-15-17-31(52-7)18-16-29)23-36(37)38(39)25-42(50)58-30/h15-18,23-24,26-28,30,32,34-38,40-41,43,45-48H,11-14,19-22,25H2,1-10H3/t26-,27?,28?,30+,32-,34?,35-,36?,37+,38+,40+,41+,43+,45?,46?,47?,48?/m1/s1. The van der Waals surface area contributed by atoms with Gasteiger partial charge in [0.05, 0.1) is 37.9 Å². The second kappa shape index (κ2) is 19.8. The zero-order chi connectivity index (χ0) is 42.8. The van der Waals surface area contributed by atoms with Gasteiger partial charge in [0.25, 0.3) is 0 Å². The summed E-state index contributed by atoms with van der Waals surface area (Å²) in [5.41, 5.74) is 3.05. The van der Waals surface area contributed by atoms with Gasteiger partial charge in [0.2, 0.25) is 0 Å². The Morgan fingerprint density at radius 1 is 0.750 bits per heavy atom. The molecule has 3 aliphatic heterocycles. The number of allylic oxidation sites excluding steroid dienone is 4. The second-order valence-electron chi connectivity index (χ2n) is 18.4. The Kier molecular flexibility index (Phi) is 15.0. The summed E-state index contributed by atoms with van der Waals surface area (Å²) in [6.45, 7) is 8.17. The maximum atomic E-state index is 15.1. The molecule has 17 atom stereocenters. The van der Waals surface area contributed by atoms with Gasteiger partial charge in [-0.25, -0.2) is 0 Å². The lowest BCUT2D eigenvalue weighted by Crippen LogP contribution is -2.59. The maximum absolute atomic E-state index is 15.1. The Balaban J connectivity index is 1.21. The molecule has 1 aromatic carbocycles. The number of carbonyl (C=O) groups excluding carboxylic acids is 2. The summed E-state index contributed by atoms with van der Waals surface area (Å²) >= 11 is 0. The third kappa shape index (κ3) is 9.32. The molecule has 0 radical (unpaired) electrons. The van der Waals surface area contributed by atoms with Crippen molar-refractivity contribution in [2.24, 2.45) is 35.5 Å². The Morgan fingerprint density at radius 2 is 1.47 bits per heavy atom. The molecule has 334 valence electrons. The van der Waals surface area contributed by atoms with Gasteiger partial charge in [0, 0.05) is 39.2 Å². The average Bonchev–Trinajstić information content (AvgIpc) is 3.82. The van der Waals surface area contributed by atoms with Gasteiger partial charge in [-0.1, -0.05) is 38.1 Å². The van der Waals surface area contributed by atoms with Gasteiger partial charge in [-0.15, -0.1) is 0 Å². The molecular formula is C48H71NO11. The van der Waals surface area contributed by atoms with Gasteiger partial charge in [-0.3, -0.25) is 9.59 Å². The highest BCUT2D eigenvalue weighted by Gasteiger charge is 2.54. The predicted octanol–water partition coefficient (Wildman–Crippen LogP) is 7.02. The van der Waals surface area contributed by atoms with Crippen LogP contribution in [0, 0.1) is 35.5 Å². The Morgan fingerprint density at radius 3 is 2.12 bits per heavy atom. The molecule has 0 spiro atoms. The van der Waals surface area contributed by atoms with Crippen molar-refractivity contribution in [3.63, 3.8) is 0 Å². The molecule has 0 aromatic heterocycles. The lowest BCUT2D eigenvalue weighted by Gasteiger charge is -2.44. The molecule has 7 rings (SSSR count). The van der Waals surface area contributed by atoms with Gasteiger partial charge in [-0.2, -0.15) is 0 Å². The first-order valence-corrected chi connectivity index (χ1v) is 22.6. The fourth-order valence-corrected chi connectivity index (χ4v) is 11.6. The average molecular weight is 838 g/mol. The van der Waals surface area contributed by atoms with Crippen molar-refractivity contribution in [3.8, 4) is 5.75 Å². The number of methoxy groups -OCH3 is 4. The number of benzene rings is 1. The first kappa shape index (κ1) is 45.3. The number of likely N-dealkylation sites (N-methyl/N-ethyl adjacent to an activating group) is 1. The fraction of sp³-hybridized carbons (Fsp3) is 0.750. The van der Waals surface area contributed by atoms with Crippen molar-refractivity contribution in [2.45, 2.75) is 153 Å². The molecule has 8 unspecified atom stereocenters. The number of rotatable bonds is 11. The summed E-state index contributed by atoms with van der Waals surface area (Å²) in [6, 6.07) is 8.55. The van der Waals surface area contributed by atoms with Crippen LogP contribution in [0.3, 0.4) is 0 Å². The van der Waals surface area contributed by atoms with Crippen molar-refractivity contribution in [1.82, 2.24) is 4.90 Å². The van der Waals surface area contributed by atoms with E-state index in [-0.39, 0.29) is 96.8 Å². The topological polar surface area (TPSA) is 120 Å². The van der Waals surface area contributed by atoms with Crippen molar-refractivity contribution >= 4 is 17.3 Å². The van der Waals surface area contributed by atoms with Crippen LogP contribution in [-0.2, 0) is 47.5 Å². The molecule has 6 aliphatic rings. The molecule has 3 saturated heterocycles. The minimum Gasteiger partial charge on any atom is -0.497 e. The van der Waals surface area contributed by atoms with Crippen molar-refractivity contribution < 1.29 is 52.2 Å². The molecular weight excluding hydrogens is 767 g/mol. The number of carbonyl (C=O) groups is 2. The molecule has 3 aliphatic carbocycles. The minimum atomic E-state index is -0.654. The van der Waals surface area contributed by atoms with Crippen LogP contribution in [0.15, 0.2) is 42.0 Å². The summed E-state index contributed by atoms with van der Waals surface area (Å²) < 4.78 is 56.0. The summed E-state index contributed by atoms with van der Waals surface area (Å²) in [5, 5.41) is 0. The third-order valence-corrected chi connectivity index (χ3v) is 14.8.